The summed E-state index contributed by atoms with van der Waals surface area (Å²) in [5, 5.41) is 0. The zero-order chi connectivity index (χ0) is 23.3. The maximum Gasteiger partial charge on any atom is 0.417 e. The van der Waals surface area contributed by atoms with Gasteiger partial charge in [0.2, 0.25) is 0 Å². The van der Waals surface area contributed by atoms with E-state index in [0.717, 1.165) is 43.5 Å². The number of anilines is 1. The van der Waals surface area contributed by atoms with E-state index in [0.29, 0.717) is 24.4 Å². The molecule has 0 bridgehead atoms. The standard InChI is InChI=1S/C27H28F3N3/c1-20(21-9-3-2-4-10-21)25-14-13-24(17-26(25)27(28,29)30)33(18-22-11-5-7-15-31-22)19-23-12-6-8-16-32-23/h5-8,11-17,21H,1-4,9-10,18-19H2. The van der Waals surface area contributed by atoms with E-state index in [2.05, 4.69) is 16.5 Å². The van der Waals surface area contributed by atoms with E-state index in [1.807, 2.05) is 41.3 Å². The second-order valence-corrected chi connectivity index (χ2v) is 8.59. The maximum absolute atomic E-state index is 14.2. The molecule has 0 atom stereocenters. The van der Waals surface area contributed by atoms with E-state index in [-0.39, 0.29) is 11.5 Å². The van der Waals surface area contributed by atoms with Crippen molar-refractivity contribution in [2.75, 3.05) is 4.90 Å². The molecule has 0 saturated heterocycles. The molecule has 0 aliphatic heterocycles. The Labute approximate surface area is 193 Å². The van der Waals surface area contributed by atoms with Crippen molar-refractivity contribution in [3.8, 4) is 0 Å². The number of nitrogens with zero attached hydrogens (tertiary/aromatic N) is 3. The van der Waals surface area contributed by atoms with Crippen molar-refractivity contribution in [3.63, 3.8) is 0 Å². The third-order valence-corrected chi connectivity index (χ3v) is 6.28. The molecule has 1 aromatic carbocycles. The van der Waals surface area contributed by atoms with Gasteiger partial charge in [0.25, 0.3) is 0 Å². The molecule has 2 aromatic heterocycles. The summed E-state index contributed by atoms with van der Waals surface area (Å²) in [7, 11) is 0. The molecule has 33 heavy (non-hydrogen) atoms. The van der Waals surface area contributed by atoms with Crippen molar-refractivity contribution in [1.82, 2.24) is 9.97 Å². The summed E-state index contributed by atoms with van der Waals surface area (Å²) >= 11 is 0. The highest BCUT2D eigenvalue weighted by Crippen LogP contribution is 2.42. The van der Waals surface area contributed by atoms with Gasteiger partial charge in [-0.15, -0.1) is 0 Å². The molecule has 1 saturated carbocycles. The van der Waals surface area contributed by atoms with Crippen molar-refractivity contribution in [2.24, 2.45) is 5.92 Å². The van der Waals surface area contributed by atoms with Crippen LogP contribution in [0.1, 0.15) is 54.6 Å². The summed E-state index contributed by atoms with van der Waals surface area (Å²) in [6.45, 7) is 4.84. The first-order valence-electron chi connectivity index (χ1n) is 11.4. The van der Waals surface area contributed by atoms with Gasteiger partial charge in [-0.1, -0.05) is 44.0 Å². The summed E-state index contributed by atoms with van der Waals surface area (Å²) < 4.78 is 42.6. The monoisotopic (exact) mass is 451 g/mol. The quantitative estimate of drug-likeness (QED) is 0.377. The van der Waals surface area contributed by atoms with Gasteiger partial charge in [-0.25, -0.2) is 0 Å². The first-order valence-corrected chi connectivity index (χ1v) is 11.4. The third-order valence-electron chi connectivity index (χ3n) is 6.28. The molecule has 6 heteroatoms. The fourth-order valence-electron chi connectivity index (χ4n) is 4.53. The minimum Gasteiger partial charge on any atom is -0.360 e. The van der Waals surface area contributed by atoms with Crippen molar-refractivity contribution < 1.29 is 13.2 Å². The van der Waals surface area contributed by atoms with Crippen LogP contribution in [0.15, 0.2) is 73.6 Å². The molecule has 0 N–H and O–H groups in total. The predicted octanol–water partition coefficient (Wildman–Crippen LogP) is 7.30. The second kappa shape index (κ2) is 10.2. The van der Waals surface area contributed by atoms with Crippen LogP contribution < -0.4 is 4.90 Å². The van der Waals surface area contributed by atoms with Gasteiger partial charge in [0.15, 0.2) is 0 Å². The first-order chi connectivity index (χ1) is 15.9. The number of hydrogen-bond donors (Lipinski definition) is 0. The summed E-state index contributed by atoms with van der Waals surface area (Å²) in [5.41, 5.74) is 2.24. The number of alkyl halides is 3. The summed E-state index contributed by atoms with van der Waals surface area (Å²) in [5.74, 6) is 0.115. The highest BCUT2D eigenvalue weighted by Gasteiger charge is 2.35. The fraction of sp³-hybridized carbons (Fsp3) is 0.333. The minimum atomic E-state index is -4.47. The topological polar surface area (TPSA) is 29.0 Å². The maximum atomic E-state index is 14.2. The molecule has 0 radical (unpaired) electrons. The molecule has 0 amide bonds. The van der Waals surface area contributed by atoms with Crippen LogP contribution in [0.25, 0.3) is 5.57 Å². The van der Waals surface area contributed by atoms with Crippen LogP contribution in [0.5, 0.6) is 0 Å². The van der Waals surface area contributed by atoms with Crippen LogP contribution in [0, 0.1) is 5.92 Å². The van der Waals surface area contributed by atoms with Crippen LogP contribution in [0.2, 0.25) is 0 Å². The number of halogens is 3. The lowest BCUT2D eigenvalue weighted by Gasteiger charge is -2.28. The highest BCUT2D eigenvalue weighted by molar-refractivity contribution is 5.71. The molecule has 1 fully saturated rings. The van der Waals surface area contributed by atoms with Gasteiger partial charge in [0.1, 0.15) is 0 Å². The van der Waals surface area contributed by atoms with Gasteiger partial charge < -0.3 is 4.90 Å². The van der Waals surface area contributed by atoms with Crippen LogP contribution >= 0.6 is 0 Å². The number of aromatic nitrogens is 2. The third kappa shape index (κ3) is 5.81. The SMILES string of the molecule is C=C(c1ccc(N(Cc2ccccn2)Cc2ccccn2)cc1C(F)(F)F)C1CCCCC1. The van der Waals surface area contributed by atoms with Crippen molar-refractivity contribution in [2.45, 2.75) is 51.4 Å². The zero-order valence-corrected chi connectivity index (χ0v) is 18.6. The molecule has 0 spiro atoms. The van der Waals surface area contributed by atoms with Gasteiger partial charge in [-0.05, 0) is 66.3 Å². The van der Waals surface area contributed by atoms with E-state index in [1.54, 1.807) is 24.5 Å². The van der Waals surface area contributed by atoms with Crippen LogP contribution in [-0.2, 0) is 19.3 Å². The van der Waals surface area contributed by atoms with Gasteiger partial charge in [0.05, 0.1) is 30.0 Å². The van der Waals surface area contributed by atoms with Gasteiger partial charge in [-0.3, -0.25) is 9.97 Å². The molecule has 0 unspecified atom stereocenters. The first kappa shape index (κ1) is 23.0. The van der Waals surface area contributed by atoms with Crippen molar-refractivity contribution >= 4 is 11.3 Å². The summed E-state index contributed by atoms with van der Waals surface area (Å²) in [6, 6.07) is 15.8. The average Bonchev–Trinajstić information content (AvgIpc) is 2.84. The molecule has 3 aromatic rings. The lowest BCUT2D eigenvalue weighted by atomic mass is 9.80. The van der Waals surface area contributed by atoms with Crippen molar-refractivity contribution in [3.05, 3.63) is 96.1 Å². The highest BCUT2D eigenvalue weighted by atomic mass is 19.4. The fourth-order valence-corrected chi connectivity index (χ4v) is 4.53. The smallest absolute Gasteiger partial charge is 0.360 e. The summed E-state index contributed by atoms with van der Waals surface area (Å²) in [6.07, 6.45) is 3.96. The number of rotatable bonds is 7. The van der Waals surface area contributed by atoms with Crippen LogP contribution in [0.3, 0.4) is 0 Å². The molecule has 1 aliphatic carbocycles. The molecular weight excluding hydrogens is 423 g/mol. The molecule has 2 heterocycles. The van der Waals surface area contributed by atoms with E-state index in [9.17, 15) is 13.2 Å². The number of hydrogen-bond acceptors (Lipinski definition) is 3. The Bertz CT molecular complexity index is 1020. The largest absolute Gasteiger partial charge is 0.417 e. The molecule has 4 rings (SSSR count). The van der Waals surface area contributed by atoms with E-state index in [1.165, 1.54) is 6.07 Å². The Morgan fingerprint density at radius 2 is 1.48 bits per heavy atom. The lowest BCUT2D eigenvalue weighted by Crippen LogP contribution is -2.24. The Morgan fingerprint density at radius 1 is 0.879 bits per heavy atom. The van der Waals surface area contributed by atoms with Crippen LogP contribution in [0.4, 0.5) is 18.9 Å². The summed E-state index contributed by atoms with van der Waals surface area (Å²) in [4.78, 5) is 10.6. The minimum absolute atomic E-state index is 0.115. The number of benzene rings is 1. The molecule has 3 nitrogen and oxygen atoms in total. The van der Waals surface area contributed by atoms with Gasteiger partial charge in [0, 0.05) is 18.1 Å². The Kier molecular flexibility index (Phi) is 7.11. The van der Waals surface area contributed by atoms with Gasteiger partial charge >= 0.3 is 6.18 Å². The van der Waals surface area contributed by atoms with E-state index >= 15 is 0 Å². The van der Waals surface area contributed by atoms with Gasteiger partial charge in [-0.2, -0.15) is 13.2 Å². The van der Waals surface area contributed by atoms with Crippen molar-refractivity contribution in [1.29, 1.82) is 0 Å². The Balaban J connectivity index is 1.70. The molecule has 1 aliphatic rings. The average molecular weight is 452 g/mol. The second-order valence-electron chi connectivity index (χ2n) is 8.59. The zero-order valence-electron chi connectivity index (χ0n) is 18.6. The molecular formula is C27H28F3N3. The predicted molar refractivity (Wildman–Crippen MR) is 125 cm³/mol. The van der Waals surface area contributed by atoms with E-state index < -0.39 is 11.7 Å². The van der Waals surface area contributed by atoms with E-state index in [4.69, 9.17) is 0 Å². The molecule has 172 valence electrons. The number of pyridine rings is 2. The number of allylic oxidation sites excluding steroid dienone is 1. The van der Waals surface area contributed by atoms with Crippen LogP contribution in [-0.4, -0.2) is 9.97 Å². The Morgan fingerprint density at radius 3 is 2.00 bits per heavy atom. The normalized spacial score (nSPS) is 14.8. The Hall–Kier alpha value is -3.15. The lowest BCUT2D eigenvalue weighted by molar-refractivity contribution is -0.137.